The van der Waals surface area contributed by atoms with Crippen molar-refractivity contribution in [3.63, 3.8) is 0 Å². The Kier molecular flexibility index (Phi) is 6.00. The van der Waals surface area contributed by atoms with Crippen LogP contribution in [0.25, 0.3) is 0 Å². The third-order valence-electron chi connectivity index (χ3n) is 0.813. The van der Waals surface area contributed by atoms with Gasteiger partial charge in [-0.05, 0) is 15.4 Å². The fraction of sp³-hybridized carbons (Fsp3) is 0.500. The van der Waals surface area contributed by atoms with E-state index in [0.29, 0.717) is 6.54 Å². The van der Waals surface area contributed by atoms with E-state index in [4.69, 9.17) is 0 Å². The molecular formula is C6H9IN2O2. The number of hydrogen-bond donors (Lipinski definition) is 0. The molecule has 1 rings (SSSR count). The second kappa shape index (κ2) is 6.26. The maximum Gasteiger partial charge on any atom is 0.358 e. The van der Waals surface area contributed by atoms with Crippen molar-refractivity contribution < 1.29 is 4.92 Å². The van der Waals surface area contributed by atoms with Gasteiger partial charge in [0.15, 0.2) is 0 Å². The molecule has 0 spiro atoms. The summed E-state index contributed by atoms with van der Waals surface area (Å²) < 4.78 is 1.22. The van der Waals surface area contributed by atoms with Gasteiger partial charge in [0, 0.05) is 6.08 Å². The first kappa shape index (κ1) is 10.5. The summed E-state index contributed by atoms with van der Waals surface area (Å²) in [7, 11) is 0. The third kappa shape index (κ3) is 4.88. The molecule has 0 atom stereocenters. The van der Waals surface area contributed by atoms with Gasteiger partial charge in [0.2, 0.25) is 0 Å². The summed E-state index contributed by atoms with van der Waals surface area (Å²) in [6.07, 6.45) is 3.05. The summed E-state index contributed by atoms with van der Waals surface area (Å²) in [5.41, 5.74) is 0. The molecule has 0 fully saturated rings. The molecule has 0 aromatic heterocycles. The molecule has 0 unspecified atom stereocenters. The minimum Gasteiger partial charge on any atom is -0.358 e. The molecule has 0 radical (unpaired) electrons. The van der Waals surface area contributed by atoms with Crippen LogP contribution in [0.4, 0.5) is 0 Å². The first-order valence-electron chi connectivity index (χ1n) is 3.13. The van der Waals surface area contributed by atoms with Crippen LogP contribution in [0.1, 0.15) is 6.92 Å². The lowest BCUT2D eigenvalue weighted by atomic mass is 10.5. The van der Waals surface area contributed by atoms with Gasteiger partial charge in [0.25, 0.3) is 0 Å². The Balaban J connectivity index is 0.000000292. The molecule has 0 saturated heterocycles. The van der Waals surface area contributed by atoms with E-state index in [1.807, 2.05) is 0 Å². The highest BCUT2D eigenvalue weighted by Gasteiger charge is 2.09. The van der Waals surface area contributed by atoms with E-state index in [1.165, 1.54) is 10.5 Å². The van der Waals surface area contributed by atoms with Gasteiger partial charge in [-0.3, -0.25) is 0 Å². The average molecular weight is 268 g/mol. The average Bonchev–Trinajstić information content (AvgIpc) is 2.38. The van der Waals surface area contributed by atoms with Crippen LogP contribution < -0.4 is 0 Å². The van der Waals surface area contributed by atoms with E-state index in [9.17, 15) is 10.1 Å². The van der Waals surface area contributed by atoms with E-state index in [1.54, 1.807) is 6.08 Å². The largest absolute Gasteiger partial charge is 0.358 e. The summed E-state index contributed by atoms with van der Waals surface area (Å²) in [4.78, 5) is 12.9. The predicted molar refractivity (Wildman–Crippen MR) is 53.0 cm³/mol. The number of nitrogens with zero attached hydrogens (tertiary/aromatic N) is 2. The van der Waals surface area contributed by atoms with E-state index in [0.717, 1.165) is 0 Å². The van der Waals surface area contributed by atoms with Crippen LogP contribution in [0.3, 0.4) is 0 Å². The Morgan fingerprint density at radius 2 is 2.45 bits per heavy atom. The van der Waals surface area contributed by atoms with Gasteiger partial charge < -0.3 is 10.1 Å². The molecule has 5 heteroatoms. The zero-order chi connectivity index (χ0) is 8.69. The van der Waals surface area contributed by atoms with Crippen molar-refractivity contribution in [1.82, 2.24) is 0 Å². The van der Waals surface area contributed by atoms with E-state index in [-0.39, 0.29) is 5.84 Å². The van der Waals surface area contributed by atoms with E-state index < -0.39 is 4.92 Å². The zero-order valence-electron chi connectivity index (χ0n) is 6.16. The van der Waals surface area contributed by atoms with Crippen LogP contribution in [0.5, 0.6) is 0 Å². The Morgan fingerprint density at radius 3 is 2.64 bits per heavy atom. The zero-order valence-corrected chi connectivity index (χ0v) is 8.32. The lowest BCUT2D eigenvalue weighted by Gasteiger charge is -1.84. The molecule has 11 heavy (non-hydrogen) atoms. The summed E-state index contributed by atoms with van der Waals surface area (Å²) in [5, 5.41) is 9.83. The number of aliphatic imine (C=N–C) groups is 1. The van der Waals surface area contributed by atoms with Gasteiger partial charge in [-0.1, -0.05) is 34.5 Å². The van der Waals surface area contributed by atoms with Crippen molar-refractivity contribution >= 4 is 28.4 Å². The first-order valence-corrected chi connectivity index (χ1v) is 4.66. The summed E-state index contributed by atoms with van der Waals surface area (Å²) in [5.74, 6) is -0.0370. The SMILES string of the molecule is CCI.O=[N+]([O-])C1=NCC=C1. The van der Waals surface area contributed by atoms with Gasteiger partial charge in [-0.25, -0.2) is 0 Å². The monoisotopic (exact) mass is 268 g/mol. The topological polar surface area (TPSA) is 55.5 Å². The maximum absolute atomic E-state index is 9.83. The molecule has 0 bridgehead atoms. The molecule has 0 aromatic carbocycles. The molecule has 0 saturated carbocycles. The predicted octanol–water partition coefficient (Wildman–Crippen LogP) is 1.67. The fourth-order valence-electron chi connectivity index (χ4n) is 0.476. The molecule has 1 aliphatic heterocycles. The van der Waals surface area contributed by atoms with Crippen LogP contribution in [0.15, 0.2) is 17.1 Å². The van der Waals surface area contributed by atoms with Crippen molar-refractivity contribution in [2.45, 2.75) is 6.92 Å². The fourth-order valence-corrected chi connectivity index (χ4v) is 0.476. The number of rotatable bonds is 0. The normalized spacial score (nSPS) is 13.5. The minimum absolute atomic E-state index is 0.0370. The van der Waals surface area contributed by atoms with Crippen LogP contribution in [-0.4, -0.2) is 21.7 Å². The Labute approximate surface area is 78.7 Å². The minimum atomic E-state index is -0.497. The number of halogens is 1. The highest BCUT2D eigenvalue weighted by molar-refractivity contribution is 14.1. The summed E-state index contributed by atoms with van der Waals surface area (Å²) in [6.45, 7) is 2.57. The highest BCUT2D eigenvalue weighted by Crippen LogP contribution is 1.92. The van der Waals surface area contributed by atoms with Crippen LogP contribution in [0, 0.1) is 10.1 Å². The number of amidine groups is 1. The summed E-state index contributed by atoms with van der Waals surface area (Å²) in [6, 6.07) is 0. The highest BCUT2D eigenvalue weighted by atomic mass is 127. The van der Waals surface area contributed by atoms with Crippen LogP contribution >= 0.6 is 22.6 Å². The second-order valence-electron chi connectivity index (χ2n) is 1.63. The van der Waals surface area contributed by atoms with Crippen molar-refractivity contribution in [3.8, 4) is 0 Å². The molecule has 0 amide bonds. The second-order valence-corrected chi connectivity index (χ2v) is 3.15. The van der Waals surface area contributed by atoms with Gasteiger partial charge in [-0.15, -0.1) is 0 Å². The first-order chi connectivity index (χ1) is 5.22. The Morgan fingerprint density at radius 1 is 1.91 bits per heavy atom. The molecule has 1 aliphatic rings. The van der Waals surface area contributed by atoms with E-state index >= 15 is 0 Å². The molecule has 0 aromatic rings. The maximum atomic E-state index is 9.83. The Bertz CT molecular complexity index is 189. The van der Waals surface area contributed by atoms with Crippen molar-refractivity contribution in [1.29, 1.82) is 0 Å². The quantitative estimate of drug-likeness (QED) is 0.290. The lowest BCUT2D eigenvalue weighted by molar-refractivity contribution is -0.348. The lowest BCUT2D eigenvalue weighted by Crippen LogP contribution is -2.05. The Hall–Kier alpha value is -0.460. The molecular weight excluding hydrogens is 259 g/mol. The van der Waals surface area contributed by atoms with Crippen molar-refractivity contribution in [2.24, 2.45) is 4.99 Å². The smallest absolute Gasteiger partial charge is 0.358 e. The van der Waals surface area contributed by atoms with Gasteiger partial charge in [0.05, 0.1) is 0 Å². The molecule has 4 nitrogen and oxygen atoms in total. The standard InChI is InChI=1S/C4H4N2O2.C2H5I/c7-6(8)4-2-1-3-5-4;1-2-3/h1-2H,3H2;2H2,1H3. The van der Waals surface area contributed by atoms with Crippen LogP contribution in [-0.2, 0) is 0 Å². The molecule has 0 N–H and O–H groups in total. The van der Waals surface area contributed by atoms with Gasteiger partial charge in [-0.2, -0.15) is 0 Å². The molecule has 0 aliphatic carbocycles. The number of nitro groups is 1. The van der Waals surface area contributed by atoms with Crippen LogP contribution in [0.2, 0.25) is 0 Å². The van der Waals surface area contributed by atoms with Gasteiger partial charge in [0.1, 0.15) is 6.54 Å². The summed E-state index contributed by atoms with van der Waals surface area (Å²) >= 11 is 2.29. The van der Waals surface area contributed by atoms with Crippen molar-refractivity contribution in [3.05, 3.63) is 22.3 Å². The molecule has 1 heterocycles. The van der Waals surface area contributed by atoms with Crippen molar-refractivity contribution in [2.75, 3.05) is 11.0 Å². The third-order valence-corrected chi connectivity index (χ3v) is 0.813. The number of hydrogen-bond acceptors (Lipinski definition) is 3. The number of alkyl halides is 1. The van der Waals surface area contributed by atoms with E-state index in [2.05, 4.69) is 34.5 Å². The van der Waals surface area contributed by atoms with Gasteiger partial charge >= 0.3 is 5.84 Å². The molecule has 62 valence electrons.